The van der Waals surface area contributed by atoms with Crippen molar-refractivity contribution in [2.45, 2.75) is 16.8 Å². The standard InChI is InChI=1S/C8H4ClF3O4S2/c9-18(15,16)7-2-1-5(17-7)4(13)3-6(14)8(10,11)12/h1-2H,3H2. The van der Waals surface area contributed by atoms with Gasteiger partial charge < -0.3 is 0 Å². The maximum atomic E-state index is 11.9. The van der Waals surface area contributed by atoms with Crippen LogP contribution in [0.15, 0.2) is 16.3 Å². The fourth-order valence-electron chi connectivity index (χ4n) is 0.934. The Hall–Kier alpha value is -0.930. The van der Waals surface area contributed by atoms with E-state index in [2.05, 4.69) is 0 Å². The number of Topliss-reactive ketones (excluding diaryl/α,β-unsaturated/α-hetero) is 2. The third-order valence-electron chi connectivity index (χ3n) is 1.73. The lowest BCUT2D eigenvalue weighted by Crippen LogP contribution is -2.25. The fraction of sp³-hybridized carbons (Fsp3) is 0.250. The molecule has 0 fully saturated rings. The number of carbonyl (C=O) groups is 2. The molecule has 0 amide bonds. The maximum absolute atomic E-state index is 11.9. The van der Waals surface area contributed by atoms with E-state index in [9.17, 15) is 31.2 Å². The van der Waals surface area contributed by atoms with Gasteiger partial charge in [-0.1, -0.05) is 0 Å². The molecule has 10 heteroatoms. The number of carbonyl (C=O) groups excluding carboxylic acids is 2. The third kappa shape index (κ3) is 3.79. The summed E-state index contributed by atoms with van der Waals surface area (Å²) in [6.07, 6.45) is -6.44. The van der Waals surface area contributed by atoms with E-state index in [1.807, 2.05) is 0 Å². The summed E-state index contributed by atoms with van der Waals surface area (Å²) in [4.78, 5) is 21.6. The quantitative estimate of drug-likeness (QED) is 0.485. The van der Waals surface area contributed by atoms with Crippen molar-refractivity contribution in [1.29, 1.82) is 0 Å². The molecule has 1 aromatic rings. The summed E-state index contributed by atoms with van der Waals surface area (Å²) >= 11 is 0.412. The SMILES string of the molecule is O=C(CC(=O)C(F)(F)F)c1ccc(S(=O)(=O)Cl)s1. The number of halogens is 4. The van der Waals surface area contributed by atoms with Crippen molar-refractivity contribution in [3.8, 4) is 0 Å². The molecule has 4 nitrogen and oxygen atoms in total. The van der Waals surface area contributed by atoms with Crippen LogP contribution in [0.4, 0.5) is 13.2 Å². The lowest BCUT2D eigenvalue weighted by Gasteiger charge is -2.02. The zero-order valence-corrected chi connectivity index (χ0v) is 10.7. The second-order valence-electron chi connectivity index (χ2n) is 3.08. The van der Waals surface area contributed by atoms with Crippen LogP contribution in [0.2, 0.25) is 0 Å². The number of thiophene rings is 1. The van der Waals surface area contributed by atoms with Crippen LogP contribution < -0.4 is 0 Å². The van der Waals surface area contributed by atoms with Crippen LogP contribution in [0.1, 0.15) is 16.1 Å². The highest BCUT2D eigenvalue weighted by Gasteiger charge is 2.39. The van der Waals surface area contributed by atoms with Gasteiger partial charge in [-0.2, -0.15) is 13.2 Å². The minimum Gasteiger partial charge on any atom is -0.293 e. The normalized spacial score (nSPS) is 12.4. The molecule has 100 valence electrons. The minimum absolute atomic E-state index is 0.271. The number of ketones is 2. The van der Waals surface area contributed by atoms with E-state index in [-0.39, 0.29) is 9.09 Å². The first-order valence-electron chi connectivity index (χ1n) is 4.19. The Bertz CT molecular complexity index is 588. The molecular formula is C8H4ClF3O4S2. The van der Waals surface area contributed by atoms with Gasteiger partial charge in [0.15, 0.2) is 5.78 Å². The Kier molecular flexibility index (Phi) is 4.19. The number of rotatable bonds is 4. The minimum atomic E-state index is -5.09. The summed E-state index contributed by atoms with van der Waals surface area (Å²) in [5, 5.41) is 0. The van der Waals surface area contributed by atoms with E-state index in [4.69, 9.17) is 10.7 Å². The largest absolute Gasteiger partial charge is 0.450 e. The number of alkyl halides is 3. The van der Waals surface area contributed by atoms with Crippen LogP contribution in [-0.2, 0) is 13.8 Å². The van der Waals surface area contributed by atoms with Gasteiger partial charge in [0, 0.05) is 10.7 Å². The highest BCUT2D eigenvalue weighted by molar-refractivity contribution is 8.15. The Balaban J connectivity index is 2.87. The molecule has 0 aromatic carbocycles. The van der Waals surface area contributed by atoms with Crippen LogP contribution in [0.3, 0.4) is 0 Å². The lowest BCUT2D eigenvalue weighted by molar-refractivity contribution is -0.170. The first-order valence-corrected chi connectivity index (χ1v) is 7.32. The lowest BCUT2D eigenvalue weighted by atomic mass is 10.2. The van der Waals surface area contributed by atoms with E-state index in [0.717, 1.165) is 12.1 Å². The smallest absolute Gasteiger partial charge is 0.293 e. The van der Waals surface area contributed by atoms with E-state index >= 15 is 0 Å². The molecule has 0 spiro atoms. The van der Waals surface area contributed by atoms with Gasteiger partial charge in [0.25, 0.3) is 9.05 Å². The first-order chi connectivity index (χ1) is 8.01. The molecule has 0 bridgehead atoms. The van der Waals surface area contributed by atoms with Crippen LogP contribution >= 0.6 is 22.0 Å². The summed E-state index contributed by atoms with van der Waals surface area (Å²) in [7, 11) is 0.938. The molecule has 0 N–H and O–H groups in total. The molecule has 18 heavy (non-hydrogen) atoms. The first kappa shape index (κ1) is 15.1. The summed E-state index contributed by atoms with van der Waals surface area (Å²) in [6, 6.07) is 1.99. The topological polar surface area (TPSA) is 68.3 Å². The Labute approximate surface area is 108 Å². The van der Waals surface area contributed by atoms with E-state index in [0.29, 0.717) is 11.3 Å². The zero-order chi connectivity index (χ0) is 14.1. The number of hydrogen-bond acceptors (Lipinski definition) is 5. The van der Waals surface area contributed by atoms with Crippen LogP contribution in [0, 0.1) is 0 Å². The van der Waals surface area contributed by atoms with Crippen molar-refractivity contribution in [2.75, 3.05) is 0 Å². The van der Waals surface area contributed by atoms with Crippen molar-refractivity contribution < 1.29 is 31.2 Å². The van der Waals surface area contributed by atoms with Crippen molar-refractivity contribution in [3.05, 3.63) is 17.0 Å². The second kappa shape index (κ2) is 4.98. The van der Waals surface area contributed by atoms with Crippen molar-refractivity contribution in [1.82, 2.24) is 0 Å². The predicted molar refractivity (Wildman–Crippen MR) is 57.4 cm³/mol. The molecule has 0 aliphatic rings. The van der Waals surface area contributed by atoms with Gasteiger partial charge in [-0.15, -0.1) is 11.3 Å². The van der Waals surface area contributed by atoms with Crippen LogP contribution in [0.5, 0.6) is 0 Å². The molecule has 1 aromatic heterocycles. The van der Waals surface area contributed by atoms with E-state index in [1.165, 1.54) is 0 Å². The van der Waals surface area contributed by atoms with E-state index < -0.39 is 33.2 Å². The number of hydrogen-bond donors (Lipinski definition) is 0. The predicted octanol–water partition coefficient (Wildman–Crippen LogP) is 2.38. The molecule has 0 atom stereocenters. The Morgan fingerprint density at radius 1 is 1.28 bits per heavy atom. The van der Waals surface area contributed by atoms with Crippen LogP contribution in [0.25, 0.3) is 0 Å². The molecule has 1 heterocycles. The zero-order valence-electron chi connectivity index (χ0n) is 8.32. The summed E-state index contributed by atoms with van der Waals surface area (Å²) < 4.78 is 57.1. The summed E-state index contributed by atoms with van der Waals surface area (Å²) in [6.45, 7) is 0. The Morgan fingerprint density at radius 3 is 2.22 bits per heavy atom. The Morgan fingerprint density at radius 2 is 1.83 bits per heavy atom. The molecule has 0 radical (unpaired) electrons. The molecular weight excluding hydrogens is 317 g/mol. The van der Waals surface area contributed by atoms with Crippen molar-refractivity contribution >= 4 is 42.6 Å². The van der Waals surface area contributed by atoms with E-state index in [1.54, 1.807) is 0 Å². The van der Waals surface area contributed by atoms with Crippen LogP contribution in [-0.4, -0.2) is 26.2 Å². The van der Waals surface area contributed by atoms with Gasteiger partial charge in [0.1, 0.15) is 4.21 Å². The average molecular weight is 321 g/mol. The molecule has 0 aliphatic carbocycles. The van der Waals surface area contributed by atoms with Crippen molar-refractivity contribution in [2.24, 2.45) is 0 Å². The molecule has 0 aliphatic heterocycles. The highest BCUT2D eigenvalue weighted by atomic mass is 35.7. The monoisotopic (exact) mass is 320 g/mol. The average Bonchev–Trinajstić information content (AvgIpc) is 2.63. The molecule has 0 unspecified atom stereocenters. The maximum Gasteiger partial charge on any atom is 0.450 e. The van der Waals surface area contributed by atoms with Gasteiger partial charge >= 0.3 is 6.18 Å². The molecule has 0 saturated carbocycles. The molecule has 1 rings (SSSR count). The summed E-state index contributed by atoms with van der Waals surface area (Å²) in [5.41, 5.74) is 0. The third-order valence-corrected chi connectivity index (χ3v) is 4.95. The van der Waals surface area contributed by atoms with Gasteiger partial charge in [-0.05, 0) is 12.1 Å². The second-order valence-corrected chi connectivity index (χ2v) is 6.95. The fourth-order valence-corrected chi connectivity index (χ4v) is 2.94. The van der Waals surface area contributed by atoms with Gasteiger partial charge in [0.05, 0.1) is 11.3 Å². The van der Waals surface area contributed by atoms with Gasteiger partial charge in [-0.25, -0.2) is 8.42 Å². The van der Waals surface area contributed by atoms with Gasteiger partial charge in [0.2, 0.25) is 5.78 Å². The highest BCUT2D eigenvalue weighted by Crippen LogP contribution is 2.27. The van der Waals surface area contributed by atoms with Crippen molar-refractivity contribution in [3.63, 3.8) is 0 Å². The molecule has 0 saturated heterocycles. The van der Waals surface area contributed by atoms with Gasteiger partial charge in [-0.3, -0.25) is 9.59 Å². The summed E-state index contributed by atoms with van der Waals surface area (Å²) in [5.74, 6) is -3.29.